The summed E-state index contributed by atoms with van der Waals surface area (Å²) in [7, 11) is 1.54. The second-order valence-corrected chi connectivity index (χ2v) is 3.28. The van der Waals surface area contributed by atoms with E-state index in [2.05, 4.69) is 10.2 Å². The van der Waals surface area contributed by atoms with Crippen LogP contribution in [0.3, 0.4) is 0 Å². The minimum Gasteiger partial charge on any atom is -0.496 e. The van der Waals surface area contributed by atoms with Crippen molar-refractivity contribution in [1.82, 2.24) is 10.8 Å². The summed E-state index contributed by atoms with van der Waals surface area (Å²) in [5, 5.41) is 10.8. The first kappa shape index (κ1) is 13.8. The first-order valence-electron chi connectivity index (χ1n) is 5.13. The molecule has 1 rings (SSSR count). The zero-order chi connectivity index (χ0) is 13.4. The van der Waals surface area contributed by atoms with Crippen molar-refractivity contribution in [1.29, 1.82) is 0 Å². The molecule has 0 saturated carbocycles. The van der Waals surface area contributed by atoms with Crippen molar-refractivity contribution in [3.63, 3.8) is 0 Å². The van der Waals surface area contributed by atoms with E-state index in [4.69, 9.17) is 9.84 Å². The lowest BCUT2D eigenvalue weighted by Crippen LogP contribution is -2.36. The van der Waals surface area contributed by atoms with Gasteiger partial charge in [-0.15, -0.1) is 0 Å². The van der Waals surface area contributed by atoms with Crippen molar-refractivity contribution in [3.8, 4) is 5.75 Å². The van der Waals surface area contributed by atoms with Crippen LogP contribution in [0.25, 0.3) is 0 Å². The molecule has 7 heteroatoms. The number of amides is 2. The Bertz CT molecular complexity index is 422. The van der Waals surface area contributed by atoms with Gasteiger partial charge in [-0.3, -0.25) is 4.84 Å². The van der Waals surface area contributed by atoms with E-state index in [1.165, 1.54) is 7.11 Å². The first-order chi connectivity index (χ1) is 8.63. The lowest BCUT2D eigenvalue weighted by atomic mass is 10.2. The Hall–Kier alpha value is -2.28. The fourth-order valence-corrected chi connectivity index (χ4v) is 1.22. The molecule has 0 fully saturated rings. The average molecular weight is 254 g/mol. The predicted octanol–water partition coefficient (Wildman–Crippen LogP) is 0.511. The maximum absolute atomic E-state index is 11.2. The van der Waals surface area contributed by atoms with Crippen molar-refractivity contribution in [2.45, 2.75) is 6.54 Å². The highest BCUT2D eigenvalue weighted by Crippen LogP contribution is 2.16. The molecule has 0 bridgehead atoms. The second kappa shape index (κ2) is 7.13. The summed E-state index contributed by atoms with van der Waals surface area (Å²) >= 11 is 0. The number of urea groups is 1. The van der Waals surface area contributed by atoms with E-state index in [1.54, 1.807) is 12.1 Å². The van der Waals surface area contributed by atoms with Crippen LogP contribution in [-0.4, -0.2) is 30.8 Å². The highest BCUT2D eigenvalue weighted by atomic mass is 16.7. The standard InChI is InChI=1S/C11H14N2O5/c1-17-9-5-3-2-4-8(9)6-12-11(16)13-18-7-10(14)15/h2-5H,6-7H2,1H3,(H,14,15)(H2,12,13,16). The van der Waals surface area contributed by atoms with Gasteiger partial charge in [0.05, 0.1) is 7.11 Å². The number of aliphatic carboxylic acids is 1. The zero-order valence-corrected chi connectivity index (χ0v) is 9.80. The van der Waals surface area contributed by atoms with Crippen LogP contribution in [0.1, 0.15) is 5.56 Å². The van der Waals surface area contributed by atoms with Gasteiger partial charge in [0, 0.05) is 12.1 Å². The quantitative estimate of drug-likeness (QED) is 0.643. The van der Waals surface area contributed by atoms with E-state index in [-0.39, 0.29) is 6.54 Å². The van der Waals surface area contributed by atoms with Gasteiger partial charge in [0.15, 0.2) is 6.61 Å². The normalized spacial score (nSPS) is 9.61. The molecule has 0 spiro atoms. The van der Waals surface area contributed by atoms with Crippen LogP contribution in [0.2, 0.25) is 0 Å². The molecular formula is C11H14N2O5. The Morgan fingerprint density at radius 3 is 2.72 bits per heavy atom. The van der Waals surface area contributed by atoms with Crippen molar-refractivity contribution < 1.29 is 24.3 Å². The number of carboxylic acid groups (broad SMARTS) is 1. The fraction of sp³-hybridized carbons (Fsp3) is 0.273. The molecular weight excluding hydrogens is 240 g/mol. The topological polar surface area (TPSA) is 96.9 Å². The summed E-state index contributed by atoms with van der Waals surface area (Å²) < 4.78 is 5.11. The number of hydrogen-bond donors (Lipinski definition) is 3. The van der Waals surface area contributed by atoms with Crippen LogP contribution < -0.4 is 15.5 Å². The van der Waals surface area contributed by atoms with Crippen molar-refractivity contribution >= 4 is 12.0 Å². The third kappa shape index (κ3) is 4.71. The molecule has 98 valence electrons. The van der Waals surface area contributed by atoms with Gasteiger partial charge in [-0.2, -0.15) is 0 Å². The van der Waals surface area contributed by atoms with Crippen LogP contribution in [-0.2, 0) is 16.2 Å². The molecule has 1 aromatic rings. The third-order valence-corrected chi connectivity index (χ3v) is 1.99. The smallest absolute Gasteiger partial charge is 0.338 e. The number of carboxylic acids is 1. The molecule has 0 aliphatic carbocycles. The summed E-state index contributed by atoms with van der Waals surface area (Å²) in [5.41, 5.74) is 2.75. The fourth-order valence-electron chi connectivity index (χ4n) is 1.22. The average Bonchev–Trinajstić information content (AvgIpc) is 2.36. The molecule has 0 radical (unpaired) electrons. The number of nitrogens with one attached hydrogen (secondary N) is 2. The molecule has 0 unspecified atom stereocenters. The van der Waals surface area contributed by atoms with E-state index in [0.29, 0.717) is 5.75 Å². The molecule has 1 aromatic carbocycles. The molecule has 0 heterocycles. The van der Waals surface area contributed by atoms with Gasteiger partial charge >= 0.3 is 12.0 Å². The molecule has 0 aliphatic heterocycles. The largest absolute Gasteiger partial charge is 0.496 e. The molecule has 0 aliphatic rings. The van der Waals surface area contributed by atoms with Crippen molar-refractivity contribution in [2.75, 3.05) is 13.7 Å². The van der Waals surface area contributed by atoms with E-state index in [1.807, 2.05) is 17.6 Å². The maximum Gasteiger partial charge on any atom is 0.338 e. The van der Waals surface area contributed by atoms with Gasteiger partial charge in [-0.05, 0) is 6.07 Å². The second-order valence-electron chi connectivity index (χ2n) is 3.28. The number of rotatable bonds is 6. The van der Waals surface area contributed by atoms with E-state index in [0.717, 1.165) is 5.56 Å². The summed E-state index contributed by atoms with van der Waals surface area (Å²) in [6.45, 7) is -0.353. The Labute approximate surface area is 104 Å². The number of carbonyl (C=O) groups is 2. The molecule has 18 heavy (non-hydrogen) atoms. The molecule has 0 aromatic heterocycles. The van der Waals surface area contributed by atoms with Crippen LogP contribution in [0, 0.1) is 0 Å². The van der Waals surface area contributed by atoms with Crippen molar-refractivity contribution in [2.24, 2.45) is 0 Å². The van der Waals surface area contributed by atoms with Gasteiger partial charge in [-0.1, -0.05) is 18.2 Å². The highest BCUT2D eigenvalue weighted by Gasteiger charge is 2.05. The zero-order valence-electron chi connectivity index (χ0n) is 9.80. The van der Waals surface area contributed by atoms with Crippen LogP contribution in [0.15, 0.2) is 24.3 Å². The Morgan fingerprint density at radius 1 is 1.33 bits per heavy atom. The number of para-hydroxylation sites is 1. The summed E-state index contributed by atoms with van der Waals surface area (Å²) in [6, 6.07) is 6.59. The maximum atomic E-state index is 11.2. The molecule has 7 nitrogen and oxygen atoms in total. The molecule has 0 saturated heterocycles. The van der Waals surface area contributed by atoms with Crippen LogP contribution in [0.5, 0.6) is 5.75 Å². The van der Waals surface area contributed by atoms with E-state index in [9.17, 15) is 9.59 Å². The number of methoxy groups -OCH3 is 1. The highest BCUT2D eigenvalue weighted by molar-refractivity contribution is 5.73. The van der Waals surface area contributed by atoms with Gasteiger partial charge in [0.2, 0.25) is 0 Å². The summed E-state index contributed by atoms with van der Waals surface area (Å²) in [5.74, 6) is -0.510. The molecule has 2 amide bonds. The first-order valence-corrected chi connectivity index (χ1v) is 5.13. The number of carbonyl (C=O) groups excluding carboxylic acids is 1. The Morgan fingerprint density at radius 2 is 2.06 bits per heavy atom. The summed E-state index contributed by atoms with van der Waals surface area (Å²) in [4.78, 5) is 25.8. The Kier molecular flexibility index (Phi) is 5.46. The summed E-state index contributed by atoms with van der Waals surface area (Å²) in [6.07, 6.45) is 0. The van der Waals surface area contributed by atoms with Crippen LogP contribution in [0.4, 0.5) is 4.79 Å². The lowest BCUT2D eigenvalue weighted by Gasteiger charge is -2.09. The number of hydrogen-bond acceptors (Lipinski definition) is 4. The van der Waals surface area contributed by atoms with E-state index >= 15 is 0 Å². The predicted molar refractivity (Wildman–Crippen MR) is 62.0 cm³/mol. The number of hydroxylamine groups is 1. The van der Waals surface area contributed by atoms with Gasteiger partial charge in [0.1, 0.15) is 5.75 Å². The minimum absolute atomic E-state index is 0.242. The minimum atomic E-state index is -1.17. The Balaban J connectivity index is 2.35. The van der Waals surface area contributed by atoms with Crippen molar-refractivity contribution in [3.05, 3.63) is 29.8 Å². The third-order valence-electron chi connectivity index (χ3n) is 1.99. The van der Waals surface area contributed by atoms with Gasteiger partial charge < -0.3 is 15.2 Å². The lowest BCUT2D eigenvalue weighted by molar-refractivity contribution is -0.144. The number of benzene rings is 1. The monoisotopic (exact) mass is 254 g/mol. The van der Waals surface area contributed by atoms with Gasteiger partial charge in [-0.25, -0.2) is 15.1 Å². The van der Waals surface area contributed by atoms with Gasteiger partial charge in [0.25, 0.3) is 0 Å². The number of ether oxygens (including phenoxy) is 1. The van der Waals surface area contributed by atoms with E-state index < -0.39 is 18.6 Å². The SMILES string of the molecule is COc1ccccc1CNC(=O)NOCC(=O)O. The van der Waals surface area contributed by atoms with Crippen LogP contribution >= 0.6 is 0 Å². The molecule has 0 atom stereocenters. The molecule has 3 N–H and O–H groups in total.